The molecule has 4 heteroatoms. The van der Waals surface area contributed by atoms with Gasteiger partial charge in [-0.2, -0.15) is 0 Å². The number of rotatable bonds is 0. The minimum atomic E-state index is -0.0650. The molecule has 2 aliphatic heterocycles. The second kappa shape index (κ2) is 3.73. The first-order chi connectivity index (χ1) is 10.3. The van der Waals surface area contributed by atoms with E-state index >= 15 is 0 Å². The molecular formula is C17H12O4. The van der Waals surface area contributed by atoms with Crippen LogP contribution in [0.25, 0.3) is 11.0 Å². The first kappa shape index (κ1) is 11.1. The monoisotopic (exact) mass is 280 g/mol. The summed E-state index contributed by atoms with van der Waals surface area (Å²) in [6, 6.07) is 11.2. The van der Waals surface area contributed by atoms with E-state index in [0.29, 0.717) is 6.61 Å². The average molecular weight is 280 g/mol. The molecule has 2 unspecified atom stereocenters. The third-order valence-corrected chi connectivity index (χ3v) is 4.33. The van der Waals surface area contributed by atoms with Crippen molar-refractivity contribution in [2.24, 2.45) is 0 Å². The maximum absolute atomic E-state index is 9.62. The molecule has 2 aliphatic rings. The van der Waals surface area contributed by atoms with Crippen LogP contribution >= 0.6 is 0 Å². The fourth-order valence-corrected chi connectivity index (χ4v) is 3.31. The zero-order valence-corrected chi connectivity index (χ0v) is 11.1. The number of hydrogen-bond acceptors (Lipinski definition) is 4. The lowest BCUT2D eigenvalue weighted by Gasteiger charge is -2.27. The molecule has 0 bridgehead atoms. The molecule has 0 amide bonds. The Labute approximate surface area is 120 Å². The van der Waals surface area contributed by atoms with Crippen LogP contribution < -0.4 is 9.47 Å². The van der Waals surface area contributed by atoms with Gasteiger partial charge >= 0.3 is 0 Å². The van der Waals surface area contributed by atoms with E-state index in [0.717, 1.165) is 33.6 Å². The van der Waals surface area contributed by atoms with E-state index in [1.807, 2.05) is 18.2 Å². The number of benzene rings is 2. The molecule has 0 spiro atoms. The molecule has 3 heterocycles. The molecule has 3 aromatic rings. The first-order valence-electron chi connectivity index (χ1n) is 6.93. The van der Waals surface area contributed by atoms with Crippen LogP contribution in [0, 0.1) is 0 Å². The van der Waals surface area contributed by atoms with Crippen LogP contribution in [-0.2, 0) is 0 Å². The summed E-state index contributed by atoms with van der Waals surface area (Å²) in [6.45, 7) is 0.571. The molecule has 2 atom stereocenters. The molecule has 0 saturated heterocycles. The van der Waals surface area contributed by atoms with E-state index in [2.05, 4.69) is 6.07 Å². The van der Waals surface area contributed by atoms with Crippen LogP contribution in [0.4, 0.5) is 0 Å². The van der Waals surface area contributed by atoms with Crippen LogP contribution in [0.1, 0.15) is 23.1 Å². The molecule has 1 N–H and O–H groups in total. The second-order valence-corrected chi connectivity index (χ2v) is 5.53. The highest BCUT2D eigenvalue weighted by atomic mass is 16.5. The normalized spacial score (nSPS) is 22.1. The van der Waals surface area contributed by atoms with Gasteiger partial charge in [0.2, 0.25) is 0 Å². The molecule has 0 aliphatic carbocycles. The van der Waals surface area contributed by atoms with Crippen LogP contribution in [0.3, 0.4) is 0 Å². The van der Waals surface area contributed by atoms with Crippen LogP contribution in [0.15, 0.2) is 47.1 Å². The van der Waals surface area contributed by atoms with Gasteiger partial charge in [0, 0.05) is 28.6 Å². The van der Waals surface area contributed by atoms with Gasteiger partial charge in [-0.25, -0.2) is 0 Å². The van der Waals surface area contributed by atoms with Gasteiger partial charge in [-0.05, 0) is 18.2 Å². The summed E-state index contributed by atoms with van der Waals surface area (Å²) in [7, 11) is 0. The van der Waals surface area contributed by atoms with Gasteiger partial charge in [-0.15, -0.1) is 0 Å². The number of phenolic OH excluding ortho intramolecular Hbond substituents is 1. The number of furan rings is 1. The molecular weight excluding hydrogens is 268 g/mol. The quantitative estimate of drug-likeness (QED) is 0.681. The standard InChI is InChI=1S/C17H12O4/c18-10-1-2-11-13-8-20-15-7-14-9(3-4-19-14)5-12(15)17(13)21-16(11)6-10/h1-7,13,17-18H,8H2. The summed E-state index contributed by atoms with van der Waals surface area (Å²) >= 11 is 0. The molecule has 5 rings (SSSR count). The second-order valence-electron chi connectivity index (χ2n) is 5.53. The van der Waals surface area contributed by atoms with E-state index in [4.69, 9.17) is 13.9 Å². The van der Waals surface area contributed by atoms with Crippen molar-refractivity contribution in [2.75, 3.05) is 6.61 Å². The van der Waals surface area contributed by atoms with Crippen molar-refractivity contribution < 1.29 is 19.0 Å². The molecule has 4 nitrogen and oxygen atoms in total. The van der Waals surface area contributed by atoms with Gasteiger partial charge in [0.25, 0.3) is 0 Å². The molecule has 21 heavy (non-hydrogen) atoms. The third kappa shape index (κ3) is 1.44. The zero-order valence-electron chi connectivity index (χ0n) is 11.1. The Balaban J connectivity index is 1.68. The van der Waals surface area contributed by atoms with Crippen molar-refractivity contribution >= 4 is 11.0 Å². The van der Waals surface area contributed by atoms with E-state index in [1.54, 1.807) is 18.4 Å². The van der Waals surface area contributed by atoms with Gasteiger partial charge in [0.05, 0.1) is 18.8 Å². The highest BCUT2D eigenvalue weighted by Crippen LogP contribution is 2.52. The number of fused-ring (bicyclic) bond motifs is 6. The molecule has 0 saturated carbocycles. The van der Waals surface area contributed by atoms with Crippen molar-refractivity contribution in [1.82, 2.24) is 0 Å². The van der Waals surface area contributed by atoms with Crippen LogP contribution in [0.5, 0.6) is 17.2 Å². The Kier molecular flexibility index (Phi) is 1.97. The minimum absolute atomic E-state index is 0.0650. The SMILES string of the molecule is Oc1ccc2c(c1)OC1c3cc4ccoc4cc3OCC21. The number of hydrogen-bond donors (Lipinski definition) is 1. The lowest BCUT2D eigenvalue weighted by molar-refractivity contribution is 0.140. The molecule has 0 fully saturated rings. The summed E-state index contributed by atoms with van der Waals surface area (Å²) in [5.41, 5.74) is 2.95. The highest BCUT2D eigenvalue weighted by molar-refractivity contribution is 5.80. The van der Waals surface area contributed by atoms with Crippen LogP contribution in [-0.4, -0.2) is 11.7 Å². The maximum Gasteiger partial charge on any atom is 0.138 e. The van der Waals surface area contributed by atoms with Crippen molar-refractivity contribution in [3.05, 3.63) is 53.8 Å². The Bertz CT molecular complexity index is 864. The van der Waals surface area contributed by atoms with Crippen molar-refractivity contribution in [1.29, 1.82) is 0 Å². The van der Waals surface area contributed by atoms with Crippen molar-refractivity contribution in [2.45, 2.75) is 12.0 Å². The lowest BCUT2D eigenvalue weighted by Crippen LogP contribution is -2.23. The molecule has 0 radical (unpaired) electrons. The Morgan fingerprint density at radius 1 is 1.00 bits per heavy atom. The zero-order chi connectivity index (χ0) is 14.0. The van der Waals surface area contributed by atoms with E-state index in [9.17, 15) is 5.11 Å². The van der Waals surface area contributed by atoms with E-state index < -0.39 is 0 Å². The summed E-state index contributed by atoms with van der Waals surface area (Å²) in [5, 5.41) is 10.7. The molecule has 2 aromatic carbocycles. The average Bonchev–Trinajstić information content (AvgIpc) is 3.07. The molecule has 104 valence electrons. The van der Waals surface area contributed by atoms with Gasteiger partial charge in [0.15, 0.2) is 0 Å². The van der Waals surface area contributed by atoms with Gasteiger partial charge in [-0.1, -0.05) is 6.07 Å². The van der Waals surface area contributed by atoms with E-state index in [1.165, 1.54) is 0 Å². The Hall–Kier alpha value is -2.62. The summed E-state index contributed by atoms with van der Waals surface area (Å²) in [6.07, 6.45) is 1.61. The number of ether oxygens (including phenoxy) is 2. The molecule has 1 aromatic heterocycles. The fourth-order valence-electron chi connectivity index (χ4n) is 3.31. The predicted octanol–water partition coefficient (Wildman–Crippen LogP) is 3.75. The van der Waals surface area contributed by atoms with Gasteiger partial charge in [0.1, 0.15) is 28.9 Å². The van der Waals surface area contributed by atoms with Gasteiger partial charge < -0.3 is 19.0 Å². The summed E-state index contributed by atoms with van der Waals surface area (Å²) in [5.74, 6) is 1.95. The largest absolute Gasteiger partial charge is 0.508 e. The number of phenols is 1. The highest BCUT2D eigenvalue weighted by Gasteiger charge is 2.41. The fraction of sp³-hybridized carbons (Fsp3) is 0.176. The smallest absolute Gasteiger partial charge is 0.138 e. The van der Waals surface area contributed by atoms with E-state index in [-0.39, 0.29) is 17.8 Å². The summed E-state index contributed by atoms with van der Waals surface area (Å²) < 4.78 is 17.4. The van der Waals surface area contributed by atoms with Crippen molar-refractivity contribution in [3.8, 4) is 17.2 Å². The minimum Gasteiger partial charge on any atom is -0.508 e. The summed E-state index contributed by atoms with van der Waals surface area (Å²) in [4.78, 5) is 0. The van der Waals surface area contributed by atoms with Crippen LogP contribution in [0.2, 0.25) is 0 Å². The third-order valence-electron chi connectivity index (χ3n) is 4.33. The first-order valence-corrected chi connectivity index (χ1v) is 6.93. The lowest BCUT2D eigenvalue weighted by atomic mass is 9.89. The Morgan fingerprint density at radius 2 is 1.95 bits per heavy atom. The number of aromatic hydroxyl groups is 1. The van der Waals surface area contributed by atoms with Gasteiger partial charge in [-0.3, -0.25) is 0 Å². The van der Waals surface area contributed by atoms with Crippen molar-refractivity contribution in [3.63, 3.8) is 0 Å². The maximum atomic E-state index is 9.62. The Morgan fingerprint density at radius 3 is 2.90 bits per heavy atom. The topological polar surface area (TPSA) is 51.8 Å². The predicted molar refractivity (Wildman–Crippen MR) is 75.9 cm³/mol.